The number of nitrogens with one attached hydrogen (secondary N) is 1. The van der Waals surface area contributed by atoms with Crippen molar-refractivity contribution in [3.05, 3.63) is 0 Å². The molecule has 1 amide bonds. The highest BCUT2D eigenvalue weighted by Crippen LogP contribution is 2.23. The summed E-state index contributed by atoms with van der Waals surface area (Å²) in [5, 5.41) is 2.79. The minimum atomic E-state index is 0.0112. The summed E-state index contributed by atoms with van der Waals surface area (Å²) >= 11 is 0. The Morgan fingerprint density at radius 3 is 1.08 bits per heavy atom. The van der Waals surface area contributed by atoms with Gasteiger partial charge in [-0.15, -0.1) is 0 Å². The highest BCUT2D eigenvalue weighted by Gasteiger charge is 2.19. The molecule has 66 heavy (non-hydrogen) atoms. The van der Waals surface area contributed by atoms with Crippen LogP contribution in [0.5, 0.6) is 0 Å². The molecule has 1 N–H and O–H groups in total. The maximum Gasteiger partial charge on any atom is 0.305 e. The fraction of sp³-hybridized carbons (Fsp3) is 0.949. The predicted octanol–water partition coefficient (Wildman–Crippen LogP) is 17.6. The Kier molecular flexibility index (Phi) is 50.0. The molecule has 0 aliphatic heterocycles. The summed E-state index contributed by atoms with van der Waals surface area (Å²) in [7, 11) is 1.74. The van der Waals surface area contributed by atoms with E-state index in [-0.39, 0.29) is 17.8 Å². The highest BCUT2D eigenvalue weighted by atomic mass is 16.5. The lowest BCUT2D eigenvalue weighted by atomic mass is 9.96. The topological polar surface area (TPSA) is 84.9 Å². The molecular formula is C59H116N2O5. The van der Waals surface area contributed by atoms with E-state index in [0.29, 0.717) is 50.4 Å². The van der Waals surface area contributed by atoms with Gasteiger partial charge in [-0.25, -0.2) is 0 Å². The van der Waals surface area contributed by atoms with Crippen molar-refractivity contribution < 1.29 is 23.9 Å². The lowest BCUT2D eigenvalue weighted by molar-refractivity contribution is -0.146. The van der Waals surface area contributed by atoms with Crippen LogP contribution >= 0.6 is 0 Å². The molecule has 0 radical (unpaired) electrons. The summed E-state index contributed by atoms with van der Waals surface area (Å²) in [5.74, 6) is 1.25. The fourth-order valence-corrected chi connectivity index (χ4v) is 9.77. The van der Waals surface area contributed by atoms with E-state index in [1.54, 1.807) is 7.05 Å². The molecule has 0 aliphatic carbocycles. The molecule has 0 saturated carbocycles. The molecule has 0 heterocycles. The molecule has 0 aromatic carbocycles. The van der Waals surface area contributed by atoms with Gasteiger partial charge in [-0.05, 0) is 95.6 Å². The summed E-state index contributed by atoms with van der Waals surface area (Å²) in [5.41, 5.74) is 0. The number of rotatable bonds is 53. The molecule has 0 aliphatic rings. The standard InChI is InChI=1S/C59H116N2O5/c1-7-12-17-20-25-30-39-50-61(51-40-31-36-47-57(62)60-6)56(45-34-26-21-23-28-37-48-58(63)65-52-54(41-15-10-4)43-32-18-13-8-2)46-35-27-22-24-29-38-49-59(64)66-53-55(42-16-11-5)44-33-19-14-9-3/h54-56H,7-53H2,1-6H3,(H,60,62). The Hall–Kier alpha value is -1.63. The number of carbonyl (C=O) groups is 3. The van der Waals surface area contributed by atoms with Crippen LogP contribution in [0, 0.1) is 11.8 Å². The van der Waals surface area contributed by atoms with E-state index in [1.807, 2.05) is 0 Å². The number of carbonyl (C=O) groups excluding carboxylic acids is 3. The Morgan fingerprint density at radius 2 is 0.667 bits per heavy atom. The second-order valence-electron chi connectivity index (χ2n) is 20.7. The quantitative estimate of drug-likeness (QED) is 0.0483. The van der Waals surface area contributed by atoms with Gasteiger partial charge in [-0.3, -0.25) is 14.4 Å². The summed E-state index contributed by atoms with van der Waals surface area (Å²) in [6.07, 6.45) is 51.1. The Labute approximate surface area is 412 Å². The zero-order valence-electron chi connectivity index (χ0n) is 45.5. The van der Waals surface area contributed by atoms with Crippen molar-refractivity contribution in [1.29, 1.82) is 0 Å². The first kappa shape index (κ1) is 64.4. The van der Waals surface area contributed by atoms with Crippen LogP contribution in [0.4, 0.5) is 0 Å². The second kappa shape index (κ2) is 51.2. The van der Waals surface area contributed by atoms with E-state index in [4.69, 9.17) is 9.47 Å². The minimum Gasteiger partial charge on any atom is -0.465 e. The fourth-order valence-electron chi connectivity index (χ4n) is 9.77. The number of hydrogen-bond donors (Lipinski definition) is 1. The monoisotopic (exact) mass is 933 g/mol. The number of ether oxygens (including phenoxy) is 2. The molecule has 0 aromatic heterocycles. The van der Waals surface area contributed by atoms with Gasteiger partial charge in [0, 0.05) is 32.4 Å². The third kappa shape index (κ3) is 43.6. The van der Waals surface area contributed by atoms with Gasteiger partial charge in [-0.2, -0.15) is 0 Å². The lowest BCUT2D eigenvalue weighted by Gasteiger charge is -2.32. The smallest absolute Gasteiger partial charge is 0.305 e. The molecule has 2 atom stereocenters. The summed E-state index contributed by atoms with van der Waals surface area (Å²) < 4.78 is 11.6. The van der Waals surface area contributed by atoms with Crippen LogP contribution in [0.25, 0.3) is 0 Å². The van der Waals surface area contributed by atoms with Crippen LogP contribution in [-0.4, -0.2) is 62.1 Å². The van der Waals surface area contributed by atoms with Gasteiger partial charge < -0.3 is 19.7 Å². The molecule has 0 aromatic rings. The van der Waals surface area contributed by atoms with E-state index in [1.165, 1.54) is 225 Å². The van der Waals surface area contributed by atoms with Gasteiger partial charge in [0.25, 0.3) is 0 Å². The van der Waals surface area contributed by atoms with E-state index in [9.17, 15) is 14.4 Å². The third-order valence-corrected chi connectivity index (χ3v) is 14.4. The van der Waals surface area contributed by atoms with Crippen molar-refractivity contribution in [2.45, 2.75) is 317 Å². The average Bonchev–Trinajstić information content (AvgIpc) is 3.32. The maximum atomic E-state index is 12.6. The lowest BCUT2D eigenvalue weighted by Crippen LogP contribution is -2.37. The van der Waals surface area contributed by atoms with Gasteiger partial charge in [0.05, 0.1) is 13.2 Å². The Balaban J connectivity index is 5.00. The molecule has 392 valence electrons. The normalized spacial score (nSPS) is 13.0. The first-order chi connectivity index (χ1) is 32.3. The summed E-state index contributed by atoms with van der Waals surface area (Å²) in [6.45, 7) is 14.9. The van der Waals surface area contributed by atoms with Gasteiger partial charge in [0.1, 0.15) is 0 Å². The van der Waals surface area contributed by atoms with Crippen LogP contribution in [0.1, 0.15) is 311 Å². The van der Waals surface area contributed by atoms with Crippen LogP contribution in [0.15, 0.2) is 0 Å². The van der Waals surface area contributed by atoms with Crippen LogP contribution in [0.3, 0.4) is 0 Å². The summed E-state index contributed by atoms with van der Waals surface area (Å²) in [6, 6.07) is 0.633. The molecule has 7 nitrogen and oxygen atoms in total. The SMILES string of the molecule is CCCCCCCCCN(CCCCCC(=O)NC)C(CCCCCCCCC(=O)OCC(CCCC)CCCCCC)CCCCCCCCC(=O)OCC(CCCC)CCCCCC. The molecular weight excluding hydrogens is 817 g/mol. The largest absolute Gasteiger partial charge is 0.465 e. The molecule has 0 saturated heterocycles. The van der Waals surface area contributed by atoms with Gasteiger partial charge in [0.15, 0.2) is 0 Å². The molecule has 0 fully saturated rings. The molecule has 7 heteroatoms. The predicted molar refractivity (Wildman–Crippen MR) is 285 cm³/mol. The first-order valence-corrected chi connectivity index (χ1v) is 29.6. The second-order valence-corrected chi connectivity index (χ2v) is 20.7. The Morgan fingerprint density at radius 1 is 0.364 bits per heavy atom. The van der Waals surface area contributed by atoms with Crippen LogP contribution < -0.4 is 5.32 Å². The molecule has 0 rings (SSSR count). The zero-order valence-corrected chi connectivity index (χ0v) is 45.5. The molecule has 0 spiro atoms. The van der Waals surface area contributed by atoms with Gasteiger partial charge in [0.2, 0.25) is 5.91 Å². The van der Waals surface area contributed by atoms with Crippen LogP contribution in [-0.2, 0) is 23.9 Å². The minimum absolute atomic E-state index is 0.0112. The van der Waals surface area contributed by atoms with Crippen molar-refractivity contribution in [2.75, 3.05) is 33.4 Å². The number of nitrogens with zero attached hydrogens (tertiary/aromatic N) is 1. The van der Waals surface area contributed by atoms with Gasteiger partial charge >= 0.3 is 11.9 Å². The zero-order chi connectivity index (χ0) is 48.4. The van der Waals surface area contributed by atoms with Crippen molar-refractivity contribution in [2.24, 2.45) is 11.8 Å². The van der Waals surface area contributed by atoms with E-state index >= 15 is 0 Å². The number of hydrogen-bond acceptors (Lipinski definition) is 6. The number of esters is 2. The Bertz CT molecular complexity index is 982. The van der Waals surface area contributed by atoms with Crippen molar-refractivity contribution >= 4 is 17.8 Å². The van der Waals surface area contributed by atoms with Crippen LogP contribution in [0.2, 0.25) is 0 Å². The van der Waals surface area contributed by atoms with E-state index < -0.39 is 0 Å². The maximum absolute atomic E-state index is 12.6. The average molecular weight is 934 g/mol. The van der Waals surface area contributed by atoms with Gasteiger partial charge in [-0.1, -0.05) is 221 Å². The van der Waals surface area contributed by atoms with E-state index in [2.05, 4.69) is 44.8 Å². The highest BCUT2D eigenvalue weighted by molar-refractivity contribution is 5.75. The van der Waals surface area contributed by atoms with E-state index in [0.717, 1.165) is 45.1 Å². The van der Waals surface area contributed by atoms with Crippen molar-refractivity contribution in [3.63, 3.8) is 0 Å². The third-order valence-electron chi connectivity index (χ3n) is 14.4. The molecule has 2 unspecified atom stereocenters. The molecule has 0 bridgehead atoms. The van der Waals surface area contributed by atoms with Crippen molar-refractivity contribution in [1.82, 2.24) is 10.2 Å². The summed E-state index contributed by atoms with van der Waals surface area (Å²) in [4.78, 5) is 40.0. The number of unbranched alkanes of at least 4 members (excludes halogenated alkanes) is 26. The number of amides is 1. The first-order valence-electron chi connectivity index (χ1n) is 29.6. The van der Waals surface area contributed by atoms with Crippen molar-refractivity contribution in [3.8, 4) is 0 Å².